The van der Waals surface area contributed by atoms with Gasteiger partial charge in [0.15, 0.2) is 5.78 Å². The van der Waals surface area contributed by atoms with E-state index in [1.165, 1.54) is 22.9 Å². The maximum absolute atomic E-state index is 13.3. The Hall–Kier alpha value is -3.54. The highest BCUT2D eigenvalue weighted by molar-refractivity contribution is 6.14. The number of halogens is 1. The molecule has 5 nitrogen and oxygen atoms in total. The fourth-order valence-corrected chi connectivity index (χ4v) is 3.71. The Kier molecular flexibility index (Phi) is 5.57. The number of aryl methyl sites for hydroxylation is 1. The van der Waals surface area contributed by atoms with Crippen molar-refractivity contribution in [1.82, 2.24) is 9.78 Å². The van der Waals surface area contributed by atoms with Crippen molar-refractivity contribution in [2.45, 2.75) is 12.8 Å². The summed E-state index contributed by atoms with van der Waals surface area (Å²) in [6.07, 6.45) is 5.01. The molecule has 0 unspecified atom stereocenters. The van der Waals surface area contributed by atoms with Gasteiger partial charge in [-0.2, -0.15) is 5.10 Å². The summed E-state index contributed by atoms with van der Waals surface area (Å²) in [5.41, 5.74) is 2.38. The Morgan fingerprint density at radius 3 is 2.37 bits per heavy atom. The van der Waals surface area contributed by atoms with Gasteiger partial charge in [-0.25, -0.2) is 9.07 Å². The number of nitrogens with zero attached hydrogens (tertiary/aromatic N) is 3. The van der Waals surface area contributed by atoms with Crippen LogP contribution in [0.5, 0.6) is 0 Å². The number of benzene rings is 2. The van der Waals surface area contributed by atoms with Gasteiger partial charge in [0.2, 0.25) is 0 Å². The number of anilines is 1. The predicted octanol–water partition coefficient (Wildman–Crippen LogP) is 4.08. The van der Waals surface area contributed by atoms with Gasteiger partial charge in [0.1, 0.15) is 17.2 Å². The molecule has 1 fully saturated rings. The summed E-state index contributed by atoms with van der Waals surface area (Å²) < 4.78 is 14.5. The summed E-state index contributed by atoms with van der Waals surface area (Å²) in [5.74, 6) is -0.637. The molecule has 0 spiro atoms. The maximum Gasteiger partial charge on any atom is 0.290 e. The number of aromatic nitrogens is 2. The minimum Gasteiger partial charge on any atom is -0.366 e. The van der Waals surface area contributed by atoms with Crippen molar-refractivity contribution in [2.24, 2.45) is 7.05 Å². The van der Waals surface area contributed by atoms with Crippen LogP contribution in [0.2, 0.25) is 0 Å². The van der Waals surface area contributed by atoms with Crippen LogP contribution in [0.1, 0.15) is 28.8 Å². The van der Waals surface area contributed by atoms with Gasteiger partial charge >= 0.3 is 0 Å². The van der Waals surface area contributed by atoms with Gasteiger partial charge in [0.05, 0.1) is 5.56 Å². The Balaban J connectivity index is 1.86. The summed E-state index contributed by atoms with van der Waals surface area (Å²) in [4.78, 5) is 28.3. The summed E-state index contributed by atoms with van der Waals surface area (Å²) in [6.45, 7) is 1.46. The molecule has 0 aliphatic carbocycles. The second kappa shape index (κ2) is 8.45. The number of carbonyl (C=O) groups is 1. The molecule has 1 aromatic heterocycles. The second-order valence-corrected chi connectivity index (χ2v) is 7.31. The molecule has 1 saturated heterocycles. The van der Waals surface area contributed by atoms with E-state index in [0.717, 1.165) is 31.5 Å². The molecular formula is C24H22FN3O2. The van der Waals surface area contributed by atoms with Gasteiger partial charge in [-0.05, 0) is 36.6 Å². The van der Waals surface area contributed by atoms with Crippen molar-refractivity contribution in [3.05, 3.63) is 88.0 Å². The molecule has 30 heavy (non-hydrogen) atoms. The smallest absolute Gasteiger partial charge is 0.290 e. The van der Waals surface area contributed by atoms with Crippen LogP contribution >= 0.6 is 0 Å². The van der Waals surface area contributed by atoms with Crippen LogP contribution in [0.3, 0.4) is 0 Å². The normalized spacial score (nSPS) is 13.9. The van der Waals surface area contributed by atoms with Crippen molar-refractivity contribution in [2.75, 3.05) is 18.0 Å². The third-order valence-corrected chi connectivity index (χ3v) is 5.23. The fourth-order valence-electron chi connectivity index (χ4n) is 3.71. The van der Waals surface area contributed by atoms with E-state index < -0.39 is 0 Å². The minimum atomic E-state index is -0.336. The summed E-state index contributed by atoms with van der Waals surface area (Å²) in [6, 6.07) is 15.3. The molecule has 1 aliphatic rings. The van der Waals surface area contributed by atoms with E-state index in [9.17, 15) is 14.0 Å². The quantitative estimate of drug-likeness (QED) is 0.476. The number of carbonyl (C=O) groups excluding carboxylic acids is 1. The molecule has 2 heterocycles. The standard InChI is InChI=1S/C24H22FN3O2/c1-27-24(30)23(28-15-5-6-16-28)21(22(26-27)18-7-3-2-4-8-18)20(29)14-11-17-9-12-19(25)13-10-17/h2-4,7-14H,5-6,15-16H2,1H3. The van der Waals surface area contributed by atoms with Gasteiger partial charge in [-0.3, -0.25) is 9.59 Å². The van der Waals surface area contributed by atoms with Crippen molar-refractivity contribution in [3.63, 3.8) is 0 Å². The van der Waals surface area contributed by atoms with Gasteiger partial charge in [0, 0.05) is 25.7 Å². The molecule has 0 N–H and O–H groups in total. The van der Waals surface area contributed by atoms with Crippen LogP contribution in [0.25, 0.3) is 17.3 Å². The monoisotopic (exact) mass is 403 g/mol. The highest BCUT2D eigenvalue weighted by Crippen LogP contribution is 2.29. The van der Waals surface area contributed by atoms with E-state index in [1.807, 2.05) is 35.2 Å². The molecular weight excluding hydrogens is 381 g/mol. The lowest BCUT2D eigenvalue weighted by Crippen LogP contribution is -2.33. The van der Waals surface area contributed by atoms with Crippen molar-refractivity contribution in [1.29, 1.82) is 0 Å². The Bertz CT molecular complexity index is 1150. The van der Waals surface area contributed by atoms with E-state index in [0.29, 0.717) is 22.5 Å². The first-order valence-electron chi connectivity index (χ1n) is 9.94. The summed E-state index contributed by atoms with van der Waals surface area (Å²) >= 11 is 0. The fraction of sp³-hybridized carbons (Fsp3) is 0.208. The van der Waals surface area contributed by atoms with Crippen molar-refractivity contribution in [3.8, 4) is 11.3 Å². The lowest BCUT2D eigenvalue weighted by Gasteiger charge is -2.22. The van der Waals surface area contributed by atoms with Gasteiger partial charge < -0.3 is 4.90 Å². The number of rotatable bonds is 5. The van der Waals surface area contributed by atoms with Crippen LogP contribution in [0.15, 0.2) is 65.5 Å². The molecule has 2 aromatic carbocycles. The lowest BCUT2D eigenvalue weighted by molar-refractivity contribution is 0.104. The highest BCUT2D eigenvalue weighted by Gasteiger charge is 2.27. The van der Waals surface area contributed by atoms with E-state index >= 15 is 0 Å². The van der Waals surface area contributed by atoms with Crippen LogP contribution in [0, 0.1) is 5.82 Å². The molecule has 152 valence electrons. The molecule has 0 bridgehead atoms. The van der Waals surface area contributed by atoms with Crippen LogP contribution in [-0.2, 0) is 7.05 Å². The molecule has 1 aliphatic heterocycles. The van der Waals surface area contributed by atoms with Gasteiger partial charge in [0.25, 0.3) is 5.56 Å². The Morgan fingerprint density at radius 2 is 1.70 bits per heavy atom. The number of hydrogen-bond acceptors (Lipinski definition) is 4. The van der Waals surface area contributed by atoms with Gasteiger partial charge in [-0.15, -0.1) is 0 Å². The van der Waals surface area contributed by atoms with Crippen LogP contribution in [0.4, 0.5) is 10.1 Å². The zero-order chi connectivity index (χ0) is 21.1. The largest absolute Gasteiger partial charge is 0.366 e. The Morgan fingerprint density at radius 1 is 1.03 bits per heavy atom. The molecule has 0 amide bonds. The zero-order valence-electron chi connectivity index (χ0n) is 16.7. The molecule has 0 saturated carbocycles. The van der Waals surface area contributed by atoms with E-state index in [2.05, 4.69) is 5.10 Å². The number of ketones is 1. The molecule has 0 radical (unpaired) electrons. The van der Waals surface area contributed by atoms with Crippen molar-refractivity contribution >= 4 is 17.5 Å². The first-order valence-corrected chi connectivity index (χ1v) is 9.94. The molecule has 6 heteroatoms. The lowest BCUT2D eigenvalue weighted by atomic mass is 10.00. The predicted molar refractivity (Wildman–Crippen MR) is 116 cm³/mol. The Labute approximate surface area is 174 Å². The summed E-state index contributed by atoms with van der Waals surface area (Å²) in [5, 5.41) is 4.44. The van der Waals surface area contributed by atoms with E-state index in [1.54, 1.807) is 25.3 Å². The molecule has 4 rings (SSSR count). The highest BCUT2D eigenvalue weighted by atomic mass is 19.1. The second-order valence-electron chi connectivity index (χ2n) is 7.31. The molecule has 0 atom stereocenters. The first kappa shape index (κ1) is 19.8. The average Bonchev–Trinajstić information content (AvgIpc) is 3.29. The SMILES string of the molecule is Cn1nc(-c2ccccc2)c(C(=O)C=Cc2ccc(F)cc2)c(N2CCCC2)c1=O. The topological polar surface area (TPSA) is 55.2 Å². The average molecular weight is 403 g/mol. The van der Waals surface area contributed by atoms with E-state index in [4.69, 9.17) is 0 Å². The minimum absolute atomic E-state index is 0.282. The third-order valence-electron chi connectivity index (χ3n) is 5.23. The zero-order valence-corrected chi connectivity index (χ0v) is 16.7. The third kappa shape index (κ3) is 3.94. The molecule has 3 aromatic rings. The first-order chi connectivity index (χ1) is 14.5. The van der Waals surface area contributed by atoms with Crippen molar-refractivity contribution < 1.29 is 9.18 Å². The number of allylic oxidation sites excluding steroid dienone is 1. The van der Waals surface area contributed by atoms with Gasteiger partial charge in [-0.1, -0.05) is 48.5 Å². The van der Waals surface area contributed by atoms with Crippen LogP contribution < -0.4 is 10.5 Å². The summed E-state index contributed by atoms with van der Waals surface area (Å²) in [7, 11) is 1.61. The maximum atomic E-state index is 13.3. The van der Waals surface area contributed by atoms with E-state index in [-0.39, 0.29) is 17.2 Å². The number of hydrogen-bond donors (Lipinski definition) is 0. The van der Waals surface area contributed by atoms with Crippen LogP contribution in [-0.4, -0.2) is 28.7 Å².